The van der Waals surface area contributed by atoms with Crippen LogP contribution < -0.4 is 16.2 Å². The van der Waals surface area contributed by atoms with Crippen molar-refractivity contribution in [3.05, 3.63) is 46.9 Å². The summed E-state index contributed by atoms with van der Waals surface area (Å²) in [7, 11) is 0. The van der Waals surface area contributed by atoms with Crippen LogP contribution >= 0.6 is 0 Å². The largest absolute Gasteiger partial charge is 0.494 e. The Hall–Kier alpha value is -2.63. The SMILES string of the molecule is CCOc1ccc(Cc2nc(C)c(CC(N)=O)c(N)n2)cc1. The number of anilines is 1. The number of amides is 1. The van der Waals surface area contributed by atoms with Gasteiger partial charge in [-0.25, -0.2) is 9.97 Å². The van der Waals surface area contributed by atoms with Gasteiger partial charge in [0.15, 0.2) is 0 Å². The minimum atomic E-state index is -0.447. The second kappa shape index (κ2) is 6.89. The fraction of sp³-hybridized carbons (Fsp3) is 0.312. The van der Waals surface area contributed by atoms with E-state index in [0.29, 0.717) is 35.9 Å². The van der Waals surface area contributed by atoms with E-state index in [2.05, 4.69) is 9.97 Å². The van der Waals surface area contributed by atoms with Crippen LogP contribution in [-0.2, 0) is 17.6 Å². The molecule has 1 aromatic heterocycles. The van der Waals surface area contributed by atoms with Crippen LogP contribution in [0.5, 0.6) is 5.75 Å². The van der Waals surface area contributed by atoms with Crippen molar-refractivity contribution in [1.29, 1.82) is 0 Å². The lowest BCUT2D eigenvalue weighted by Gasteiger charge is -2.09. The molecule has 1 heterocycles. The molecule has 0 unspecified atom stereocenters. The lowest BCUT2D eigenvalue weighted by Crippen LogP contribution is -2.17. The summed E-state index contributed by atoms with van der Waals surface area (Å²) in [5.41, 5.74) is 13.5. The molecule has 0 bridgehead atoms. The number of nitrogen functional groups attached to an aromatic ring is 1. The molecule has 0 atom stereocenters. The van der Waals surface area contributed by atoms with Crippen molar-refractivity contribution in [3.8, 4) is 5.75 Å². The summed E-state index contributed by atoms with van der Waals surface area (Å²) < 4.78 is 5.41. The van der Waals surface area contributed by atoms with Crippen molar-refractivity contribution in [2.45, 2.75) is 26.7 Å². The smallest absolute Gasteiger partial charge is 0.222 e. The maximum atomic E-state index is 11.0. The van der Waals surface area contributed by atoms with Gasteiger partial charge in [-0.05, 0) is 31.5 Å². The van der Waals surface area contributed by atoms with Crippen molar-refractivity contribution in [2.75, 3.05) is 12.3 Å². The highest BCUT2D eigenvalue weighted by molar-refractivity contribution is 5.78. The van der Waals surface area contributed by atoms with E-state index in [-0.39, 0.29) is 6.42 Å². The molecule has 1 amide bonds. The molecule has 2 rings (SSSR count). The van der Waals surface area contributed by atoms with Crippen LogP contribution in [0.1, 0.15) is 29.6 Å². The molecule has 22 heavy (non-hydrogen) atoms. The second-order valence-electron chi connectivity index (χ2n) is 4.99. The maximum Gasteiger partial charge on any atom is 0.222 e. The van der Waals surface area contributed by atoms with Crippen molar-refractivity contribution in [2.24, 2.45) is 5.73 Å². The molecule has 1 aromatic carbocycles. The number of carbonyl (C=O) groups excluding carboxylic acids is 1. The van der Waals surface area contributed by atoms with Gasteiger partial charge in [0.25, 0.3) is 0 Å². The van der Waals surface area contributed by atoms with Crippen molar-refractivity contribution < 1.29 is 9.53 Å². The maximum absolute atomic E-state index is 11.0. The number of primary amides is 1. The average molecular weight is 300 g/mol. The molecule has 6 heteroatoms. The number of nitrogens with two attached hydrogens (primary N) is 2. The predicted molar refractivity (Wildman–Crippen MR) is 84.5 cm³/mol. The van der Waals surface area contributed by atoms with E-state index in [1.807, 2.05) is 31.2 Å². The van der Waals surface area contributed by atoms with Crippen molar-refractivity contribution >= 4 is 11.7 Å². The van der Waals surface area contributed by atoms with E-state index >= 15 is 0 Å². The Kier molecular flexibility index (Phi) is 4.93. The lowest BCUT2D eigenvalue weighted by molar-refractivity contribution is -0.117. The van der Waals surface area contributed by atoms with Crippen LogP contribution in [0.25, 0.3) is 0 Å². The average Bonchev–Trinajstić information content (AvgIpc) is 2.45. The summed E-state index contributed by atoms with van der Waals surface area (Å²) in [5, 5.41) is 0. The monoisotopic (exact) mass is 300 g/mol. The molecule has 116 valence electrons. The first-order valence-corrected chi connectivity index (χ1v) is 7.11. The van der Waals surface area contributed by atoms with Gasteiger partial charge in [0, 0.05) is 17.7 Å². The minimum Gasteiger partial charge on any atom is -0.494 e. The fourth-order valence-corrected chi connectivity index (χ4v) is 2.20. The third-order valence-corrected chi connectivity index (χ3v) is 3.24. The van der Waals surface area contributed by atoms with Gasteiger partial charge < -0.3 is 16.2 Å². The van der Waals surface area contributed by atoms with E-state index in [1.165, 1.54) is 0 Å². The standard InChI is InChI=1S/C16H20N4O2/c1-3-22-12-6-4-11(5-7-12)8-15-19-10(2)13(9-14(17)21)16(18)20-15/h4-7H,3,8-9H2,1-2H3,(H2,17,21)(H2,18,19,20). The van der Waals surface area contributed by atoms with E-state index in [0.717, 1.165) is 11.3 Å². The molecule has 0 saturated heterocycles. The van der Waals surface area contributed by atoms with Gasteiger partial charge in [-0.2, -0.15) is 0 Å². The van der Waals surface area contributed by atoms with Crippen LogP contribution in [-0.4, -0.2) is 22.5 Å². The lowest BCUT2D eigenvalue weighted by atomic mass is 10.1. The second-order valence-corrected chi connectivity index (χ2v) is 4.99. The Morgan fingerprint density at radius 3 is 2.45 bits per heavy atom. The molecule has 0 saturated carbocycles. The highest BCUT2D eigenvalue weighted by Gasteiger charge is 2.12. The summed E-state index contributed by atoms with van der Waals surface area (Å²) in [6.07, 6.45) is 0.620. The summed E-state index contributed by atoms with van der Waals surface area (Å²) in [6.45, 7) is 4.39. The topological polar surface area (TPSA) is 104 Å². The number of aryl methyl sites for hydroxylation is 1. The number of rotatable bonds is 6. The molecule has 2 aromatic rings. The number of hydrogen-bond acceptors (Lipinski definition) is 5. The number of benzene rings is 1. The van der Waals surface area contributed by atoms with E-state index in [4.69, 9.17) is 16.2 Å². The molecular weight excluding hydrogens is 280 g/mol. The Morgan fingerprint density at radius 2 is 1.91 bits per heavy atom. The number of ether oxygens (including phenoxy) is 1. The van der Waals surface area contributed by atoms with Crippen LogP contribution in [0, 0.1) is 6.92 Å². The Balaban J connectivity index is 2.17. The zero-order valence-corrected chi connectivity index (χ0v) is 12.8. The third-order valence-electron chi connectivity index (χ3n) is 3.24. The van der Waals surface area contributed by atoms with Gasteiger partial charge in [-0.15, -0.1) is 0 Å². The van der Waals surface area contributed by atoms with Gasteiger partial charge in [0.1, 0.15) is 17.4 Å². The zero-order valence-electron chi connectivity index (χ0n) is 12.8. The highest BCUT2D eigenvalue weighted by atomic mass is 16.5. The van der Waals surface area contributed by atoms with E-state index in [1.54, 1.807) is 6.92 Å². The zero-order chi connectivity index (χ0) is 16.1. The highest BCUT2D eigenvalue weighted by Crippen LogP contribution is 2.17. The molecule has 0 aliphatic carbocycles. The fourth-order valence-electron chi connectivity index (χ4n) is 2.20. The van der Waals surface area contributed by atoms with E-state index in [9.17, 15) is 4.79 Å². The number of nitrogens with zero attached hydrogens (tertiary/aromatic N) is 2. The van der Waals surface area contributed by atoms with Crippen molar-refractivity contribution in [3.63, 3.8) is 0 Å². The Bertz CT molecular complexity index is 645. The normalized spacial score (nSPS) is 10.5. The van der Waals surface area contributed by atoms with Gasteiger partial charge in [-0.1, -0.05) is 12.1 Å². The van der Waals surface area contributed by atoms with Crippen molar-refractivity contribution in [1.82, 2.24) is 9.97 Å². The minimum absolute atomic E-state index is 0.0565. The van der Waals surface area contributed by atoms with Gasteiger partial charge in [0.2, 0.25) is 5.91 Å². The first-order chi connectivity index (χ1) is 10.5. The number of carbonyl (C=O) groups is 1. The molecule has 0 aliphatic rings. The van der Waals surface area contributed by atoms with E-state index < -0.39 is 5.91 Å². The summed E-state index contributed by atoms with van der Waals surface area (Å²) in [5.74, 6) is 1.32. The van der Waals surface area contributed by atoms with Crippen LogP contribution in [0.2, 0.25) is 0 Å². The molecule has 6 nitrogen and oxygen atoms in total. The number of aromatic nitrogens is 2. The molecule has 0 spiro atoms. The van der Waals surface area contributed by atoms with Crippen LogP contribution in [0.15, 0.2) is 24.3 Å². The van der Waals surface area contributed by atoms with Gasteiger partial charge in [-0.3, -0.25) is 4.79 Å². The summed E-state index contributed by atoms with van der Waals surface area (Å²) >= 11 is 0. The molecule has 0 fully saturated rings. The molecule has 0 radical (unpaired) electrons. The van der Waals surface area contributed by atoms with Crippen LogP contribution in [0.4, 0.5) is 5.82 Å². The first kappa shape index (κ1) is 15.8. The van der Waals surface area contributed by atoms with Gasteiger partial charge in [0.05, 0.1) is 13.0 Å². The Morgan fingerprint density at radius 1 is 1.23 bits per heavy atom. The third kappa shape index (κ3) is 3.94. The number of hydrogen-bond donors (Lipinski definition) is 2. The first-order valence-electron chi connectivity index (χ1n) is 7.11. The van der Waals surface area contributed by atoms with Crippen LogP contribution in [0.3, 0.4) is 0 Å². The quantitative estimate of drug-likeness (QED) is 0.838. The van der Waals surface area contributed by atoms with Gasteiger partial charge >= 0.3 is 0 Å². The predicted octanol–water partition coefficient (Wildman–Crippen LogP) is 1.38. The summed E-state index contributed by atoms with van der Waals surface area (Å²) in [6, 6.07) is 7.77. The molecular formula is C16H20N4O2. The molecule has 4 N–H and O–H groups in total. The summed E-state index contributed by atoms with van der Waals surface area (Å²) in [4.78, 5) is 19.7. The Labute approximate surface area is 129 Å². The molecule has 0 aliphatic heterocycles.